The molecule has 2 rings (SSSR count). The van der Waals surface area contributed by atoms with Gasteiger partial charge in [0.25, 0.3) is 0 Å². The van der Waals surface area contributed by atoms with Gasteiger partial charge in [0.2, 0.25) is 0 Å². The number of halogens is 1. The second-order valence-electron chi connectivity index (χ2n) is 5.57. The van der Waals surface area contributed by atoms with Gasteiger partial charge in [-0.1, -0.05) is 30.7 Å². The molecule has 4 nitrogen and oxygen atoms in total. The van der Waals surface area contributed by atoms with Crippen LogP contribution in [0.5, 0.6) is 0 Å². The number of Topliss-reactive ketones (excluding diaryl/α,β-unsaturated/α-hetero) is 1. The summed E-state index contributed by atoms with van der Waals surface area (Å²) in [5.74, 6) is 0.111. The van der Waals surface area contributed by atoms with Crippen molar-refractivity contribution in [2.45, 2.75) is 39.2 Å². The lowest BCUT2D eigenvalue weighted by molar-refractivity contribution is 0.0963. The van der Waals surface area contributed by atoms with Gasteiger partial charge in [0, 0.05) is 18.2 Å². The minimum absolute atomic E-state index is 0.00975. The predicted octanol–water partition coefficient (Wildman–Crippen LogP) is 4.08. The average Bonchev–Trinajstić information content (AvgIpc) is 2.81. The van der Waals surface area contributed by atoms with Crippen molar-refractivity contribution in [3.63, 3.8) is 0 Å². The summed E-state index contributed by atoms with van der Waals surface area (Å²) in [4.78, 5) is 12.5. The molecule has 112 valence electrons. The zero-order valence-electron chi connectivity index (χ0n) is 12.5. The van der Waals surface area contributed by atoms with E-state index in [1.54, 1.807) is 4.68 Å². The van der Waals surface area contributed by atoms with E-state index in [9.17, 15) is 4.79 Å². The van der Waals surface area contributed by atoms with Gasteiger partial charge in [0.1, 0.15) is 5.69 Å². The Kier molecular flexibility index (Phi) is 4.68. The quantitative estimate of drug-likeness (QED) is 0.669. The fourth-order valence-electron chi connectivity index (χ4n) is 2.31. The highest BCUT2D eigenvalue weighted by molar-refractivity contribution is 6.33. The van der Waals surface area contributed by atoms with Crippen molar-refractivity contribution in [2.75, 3.05) is 5.73 Å². The summed E-state index contributed by atoms with van der Waals surface area (Å²) in [5.41, 5.74) is 7.98. The fraction of sp³-hybridized carbons (Fsp3) is 0.375. The maximum absolute atomic E-state index is 12.5. The summed E-state index contributed by atoms with van der Waals surface area (Å²) in [6.07, 6.45) is 1.92. The van der Waals surface area contributed by atoms with Crippen LogP contribution >= 0.6 is 11.6 Å². The molecule has 0 bridgehead atoms. The van der Waals surface area contributed by atoms with E-state index in [1.807, 2.05) is 45.0 Å². The number of benzene rings is 1. The number of hydrogen-bond donors (Lipinski definition) is 1. The molecule has 1 aromatic heterocycles. The van der Waals surface area contributed by atoms with Crippen LogP contribution in [0.1, 0.15) is 55.2 Å². The molecule has 1 aromatic carbocycles. The minimum atomic E-state index is 0.00975. The Labute approximate surface area is 129 Å². The van der Waals surface area contributed by atoms with Crippen LogP contribution in [-0.4, -0.2) is 15.6 Å². The van der Waals surface area contributed by atoms with Crippen LogP contribution in [0.2, 0.25) is 5.02 Å². The van der Waals surface area contributed by atoms with Gasteiger partial charge in [-0.3, -0.25) is 9.48 Å². The number of nitrogen functional groups attached to an aromatic ring is 1. The third kappa shape index (κ3) is 3.45. The van der Waals surface area contributed by atoms with E-state index in [0.29, 0.717) is 17.1 Å². The molecular weight excluding hydrogens is 286 g/mol. The number of rotatable bonds is 5. The average molecular weight is 306 g/mol. The second-order valence-corrected chi connectivity index (χ2v) is 5.98. The number of nitrogens with zero attached hydrogens (tertiary/aromatic N) is 2. The van der Waals surface area contributed by atoms with E-state index in [-0.39, 0.29) is 17.7 Å². The number of aromatic nitrogens is 2. The molecule has 2 N–H and O–H groups in total. The summed E-state index contributed by atoms with van der Waals surface area (Å²) in [6.45, 7) is 5.97. The van der Waals surface area contributed by atoms with Crippen LogP contribution in [0, 0.1) is 0 Å². The molecule has 0 radical (unpaired) electrons. The Balaban J connectivity index is 2.18. The monoisotopic (exact) mass is 305 g/mol. The van der Waals surface area contributed by atoms with Crippen LogP contribution in [-0.2, 0) is 0 Å². The molecule has 2 aromatic rings. The van der Waals surface area contributed by atoms with Crippen LogP contribution in [0.15, 0.2) is 30.5 Å². The van der Waals surface area contributed by atoms with Crippen LogP contribution in [0.4, 0.5) is 5.69 Å². The van der Waals surface area contributed by atoms with E-state index >= 15 is 0 Å². The number of ketones is 1. The Morgan fingerprint density at radius 3 is 2.48 bits per heavy atom. The Morgan fingerprint density at radius 2 is 1.90 bits per heavy atom. The normalized spacial score (nSPS) is 12.6. The molecule has 0 aliphatic rings. The van der Waals surface area contributed by atoms with Crippen LogP contribution < -0.4 is 5.73 Å². The molecule has 0 fully saturated rings. The maximum atomic E-state index is 12.5. The molecule has 0 aliphatic heterocycles. The number of anilines is 1. The van der Waals surface area contributed by atoms with Gasteiger partial charge >= 0.3 is 0 Å². The van der Waals surface area contributed by atoms with Crippen molar-refractivity contribution >= 4 is 23.1 Å². The van der Waals surface area contributed by atoms with E-state index in [1.165, 1.54) is 6.20 Å². The molecule has 1 atom stereocenters. The summed E-state index contributed by atoms with van der Waals surface area (Å²) in [5, 5.41) is 4.59. The highest BCUT2D eigenvalue weighted by Crippen LogP contribution is 2.26. The predicted molar refractivity (Wildman–Crippen MR) is 85.8 cm³/mol. The first-order valence-electron chi connectivity index (χ1n) is 7.01. The lowest BCUT2D eigenvalue weighted by atomic mass is 9.94. The van der Waals surface area contributed by atoms with Crippen molar-refractivity contribution in [3.8, 4) is 0 Å². The van der Waals surface area contributed by atoms with Gasteiger partial charge in [0.05, 0.1) is 11.2 Å². The van der Waals surface area contributed by atoms with Crippen molar-refractivity contribution in [3.05, 3.63) is 46.7 Å². The Bertz CT molecular complexity index is 631. The summed E-state index contributed by atoms with van der Waals surface area (Å²) >= 11 is 6.11. The maximum Gasteiger partial charge on any atom is 0.183 e. The van der Waals surface area contributed by atoms with Gasteiger partial charge in [-0.05, 0) is 37.5 Å². The van der Waals surface area contributed by atoms with E-state index < -0.39 is 0 Å². The molecule has 0 saturated carbocycles. The smallest absolute Gasteiger partial charge is 0.183 e. The molecule has 5 heteroatoms. The number of nitrogens with two attached hydrogens (primary N) is 1. The van der Waals surface area contributed by atoms with Crippen LogP contribution in [0.3, 0.4) is 0 Å². The van der Waals surface area contributed by atoms with Gasteiger partial charge < -0.3 is 5.73 Å². The third-order valence-corrected chi connectivity index (χ3v) is 3.78. The van der Waals surface area contributed by atoms with Crippen molar-refractivity contribution in [1.82, 2.24) is 9.78 Å². The Morgan fingerprint density at radius 1 is 1.29 bits per heavy atom. The number of carbonyl (C=O) groups excluding carboxylic acids is 1. The molecule has 21 heavy (non-hydrogen) atoms. The number of carbonyl (C=O) groups is 1. The van der Waals surface area contributed by atoms with Crippen molar-refractivity contribution in [2.24, 2.45) is 0 Å². The first-order valence-corrected chi connectivity index (χ1v) is 7.39. The summed E-state index contributed by atoms with van der Waals surface area (Å²) < 4.78 is 1.68. The Hall–Kier alpha value is -1.81. The minimum Gasteiger partial charge on any atom is -0.399 e. The topological polar surface area (TPSA) is 60.9 Å². The largest absolute Gasteiger partial charge is 0.399 e. The lowest BCUT2D eigenvalue weighted by Gasteiger charge is -2.14. The highest BCUT2D eigenvalue weighted by atomic mass is 35.5. The van der Waals surface area contributed by atoms with Crippen molar-refractivity contribution < 1.29 is 4.79 Å². The molecule has 0 saturated heterocycles. The van der Waals surface area contributed by atoms with Gasteiger partial charge in [0.15, 0.2) is 5.78 Å². The molecule has 1 heterocycles. The SMILES string of the molecule is CC(CC(=O)c1c(Cl)cnn1C(C)C)c1ccc(N)cc1. The van der Waals surface area contributed by atoms with Crippen LogP contribution in [0.25, 0.3) is 0 Å². The standard InChI is InChI=1S/C16H20ClN3O/c1-10(2)20-16(14(17)9-19-20)15(21)8-11(3)12-4-6-13(18)7-5-12/h4-7,9-11H,8,18H2,1-3H3. The zero-order chi connectivity index (χ0) is 15.6. The molecule has 0 spiro atoms. The first-order chi connectivity index (χ1) is 9.90. The first kappa shape index (κ1) is 15.6. The zero-order valence-corrected chi connectivity index (χ0v) is 13.3. The highest BCUT2D eigenvalue weighted by Gasteiger charge is 2.21. The van der Waals surface area contributed by atoms with E-state index in [4.69, 9.17) is 17.3 Å². The molecule has 1 unspecified atom stereocenters. The van der Waals surface area contributed by atoms with E-state index in [2.05, 4.69) is 5.10 Å². The number of hydrogen-bond acceptors (Lipinski definition) is 3. The lowest BCUT2D eigenvalue weighted by Crippen LogP contribution is -2.14. The van der Waals surface area contributed by atoms with Crippen molar-refractivity contribution in [1.29, 1.82) is 0 Å². The molecular formula is C16H20ClN3O. The van der Waals surface area contributed by atoms with Gasteiger partial charge in [-0.25, -0.2) is 0 Å². The fourth-order valence-corrected chi connectivity index (χ4v) is 2.55. The summed E-state index contributed by atoms with van der Waals surface area (Å²) in [7, 11) is 0. The third-order valence-electron chi connectivity index (χ3n) is 3.50. The molecule has 0 aliphatic carbocycles. The summed E-state index contributed by atoms with van der Waals surface area (Å²) in [6, 6.07) is 7.70. The van der Waals surface area contributed by atoms with E-state index in [0.717, 1.165) is 11.3 Å². The second kappa shape index (κ2) is 6.31. The van der Waals surface area contributed by atoms with Gasteiger partial charge in [-0.15, -0.1) is 0 Å². The molecule has 0 amide bonds. The van der Waals surface area contributed by atoms with Gasteiger partial charge in [-0.2, -0.15) is 5.10 Å².